The zero-order valence-corrected chi connectivity index (χ0v) is 13.6. The number of hydrogen-bond donors (Lipinski definition) is 1. The van der Waals surface area contributed by atoms with E-state index in [0.717, 1.165) is 51.1 Å². The predicted molar refractivity (Wildman–Crippen MR) is 94.2 cm³/mol. The molecule has 2 aromatic rings. The van der Waals surface area contributed by atoms with Crippen LogP contribution in [0, 0.1) is 0 Å². The van der Waals surface area contributed by atoms with Crippen molar-refractivity contribution in [2.45, 2.75) is 19.1 Å². The standard InChI is InChI=1S/C20H26N2O/c23-20(19-10-5-2-6-11-19)22-14-7-13-21(16-17-22)15-12-18-8-3-1-4-9-18/h1-6,8-11,20,23H,7,12-17H2. The molecule has 3 heteroatoms. The van der Waals surface area contributed by atoms with Gasteiger partial charge in [0, 0.05) is 26.2 Å². The minimum absolute atomic E-state index is 0.481. The van der Waals surface area contributed by atoms with Crippen molar-refractivity contribution in [1.82, 2.24) is 9.80 Å². The van der Waals surface area contributed by atoms with Crippen molar-refractivity contribution in [1.29, 1.82) is 0 Å². The summed E-state index contributed by atoms with van der Waals surface area (Å²) in [4.78, 5) is 4.71. The van der Waals surface area contributed by atoms with Gasteiger partial charge in [-0.05, 0) is 30.5 Å². The fraction of sp³-hybridized carbons (Fsp3) is 0.400. The lowest BCUT2D eigenvalue weighted by atomic mass is 10.1. The summed E-state index contributed by atoms with van der Waals surface area (Å²) in [7, 11) is 0. The molecule has 0 spiro atoms. The molecule has 1 aliphatic heterocycles. The molecule has 1 unspecified atom stereocenters. The normalized spacial score (nSPS) is 18.5. The van der Waals surface area contributed by atoms with Gasteiger partial charge in [-0.3, -0.25) is 4.90 Å². The number of nitrogens with zero attached hydrogens (tertiary/aromatic N) is 2. The first-order valence-electron chi connectivity index (χ1n) is 8.56. The quantitative estimate of drug-likeness (QED) is 0.920. The van der Waals surface area contributed by atoms with Crippen molar-refractivity contribution >= 4 is 0 Å². The first-order chi connectivity index (χ1) is 11.3. The summed E-state index contributed by atoms with van der Waals surface area (Å²) >= 11 is 0. The van der Waals surface area contributed by atoms with Gasteiger partial charge >= 0.3 is 0 Å². The van der Waals surface area contributed by atoms with E-state index in [0.29, 0.717) is 0 Å². The molecule has 0 bridgehead atoms. The first-order valence-corrected chi connectivity index (χ1v) is 8.56. The van der Waals surface area contributed by atoms with Gasteiger partial charge in [-0.15, -0.1) is 0 Å². The second kappa shape index (κ2) is 8.25. The summed E-state index contributed by atoms with van der Waals surface area (Å²) in [5, 5.41) is 10.6. The number of rotatable bonds is 5. The number of benzene rings is 2. The van der Waals surface area contributed by atoms with Crippen LogP contribution in [0.5, 0.6) is 0 Å². The molecule has 1 heterocycles. The van der Waals surface area contributed by atoms with E-state index in [1.807, 2.05) is 30.3 Å². The first kappa shape index (κ1) is 16.2. The van der Waals surface area contributed by atoms with Crippen LogP contribution in [-0.2, 0) is 6.42 Å². The van der Waals surface area contributed by atoms with Gasteiger partial charge in [0.25, 0.3) is 0 Å². The Hall–Kier alpha value is -1.68. The van der Waals surface area contributed by atoms with Crippen LogP contribution in [0.4, 0.5) is 0 Å². The van der Waals surface area contributed by atoms with Crippen molar-refractivity contribution in [2.75, 3.05) is 32.7 Å². The molecule has 2 aromatic carbocycles. The van der Waals surface area contributed by atoms with Crippen LogP contribution in [0.15, 0.2) is 60.7 Å². The Balaban J connectivity index is 1.51. The number of aliphatic hydroxyl groups excluding tert-OH is 1. The molecule has 3 rings (SSSR count). The molecule has 0 aliphatic carbocycles. The average Bonchev–Trinajstić information content (AvgIpc) is 2.87. The van der Waals surface area contributed by atoms with Gasteiger partial charge in [0.05, 0.1) is 0 Å². The lowest BCUT2D eigenvalue weighted by molar-refractivity contribution is 0.00453. The molecule has 1 aliphatic rings. The third-order valence-corrected chi connectivity index (χ3v) is 4.63. The van der Waals surface area contributed by atoms with Crippen LogP contribution in [0.1, 0.15) is 23.8 Å². The fourth-order valence-electron chi connectivity index (χ4n) is 3.23. The maximum Gasteiger partial charge on any atom is 0.133 e. The molecule has 0 radical (unpaired) electrons. The molecule has 23 heavy (non-hydrogen) atoms. The van der Waals surface area contributed by atoms with Crippen molar-refractivity contribution in [3.63, 3.8) is 0 Å². The minimum Gasteiger partial charge on any atom is -0.374 e. The van der Waals surface area contributed by atoms with Gasteiger partial charge in [-0.1, -0.05) is 60.7 Å². The second-order valence-corrected chi connectivity index (χ2v) is 6.25. The predicted octanol–water partition coefficient (Wildman–Crippen LogP) is 2.93. The zero-order chi connectivity index (χ0) is 15.9. The van der Waals surface area contributed by atoms with Crippen LogP contribution in [0.3, 0.4) is 0 Å². The zero-order valence-electron chi connectivity index (χ0n) is 13.6. The summed E-state index contributed by atoms with van der Waals surface area (Å²) in [6, 6.07) is 20.6. The van der Waals surface area contributed by atoms with E-state index in [1.54, 1.807) is 0 Å². The van der Waals surface area contributed by atoms with E-state index < -0.39 is 6.23 Å². The number of hydrogen-bond acceptors (Lipinski definition) is 3. The Labute approximate surface area is 139 Å². The molecule has 1 N–H and O–H groups in total. The summed E-state index contributed by atoms with van der Waals surface area (Å²) < 4.78 is 0. The Bertz CT molecular complexity index is 573. The second-order valence-electron chi connectivity index (χ2n) is 6.25. The van der Waals surface area contributed by atoms with Crippen LogP contribution >= 0.6 is 0 Å². The highest BCUT2D eigenvalue weighted by atomic mass is 16.3. The highest BCUT2D eigenvalue weighted by molar-refractivity contribution is 5.17. The van der Waals surface area contributed by atoms with Crippen molar-refractivity contribution in [2.24, 2.45) is 0 Å². The van der Waals surface area contributed by atoms with Crippen molar-refractivity contribution < 1.29 is 5.11 Å². The van der Waals surface area contributed by atoms with Gasteiger partial charge < -0.3 is 10.0 Å². The van der Waals surface area contributed by atoms with E-state index in [4.69, 9.17) is 0 Å². The summed E-state index contributed by atoms with van der Waals surface area (Å²) in [5.41, 5.74) is 2.39. The van der Waals surface area contributed by atoms with Crippen molar-refractivity contribution in [3.05, 3.63) is 71.8 Å². The third kappa shape index (κ3) is 4.64. The third-order valence-electron chi connectivity index (χ3n) is 4.63. The SMILES string of the molecule is OC(c1ccccc1)N1CCCN(CCc2ccccc2)CC1. The van der Waals surface area contributed by atoms with E-state index in [9.17, 15) is 5.11 Å². The molecule has 0 amide bonds. The van der Waals surface area contributed by atoms with E-state index in [1.165, 1.54) is 5.56 Å². The van der Waals surface area contributed by atoms with Crippen molar-refractivity contribution in [3.8, 4) is 0 Å². The smallest absolute Gasteiger partial charge is 0.133 e. The van der Waals surface area contributed by atoms with E-state index in [2.05, 4.69) is 40.1 Å². The molecule has 3 nitrogen and oxygen atoms in total. The van der Waals surface area contributed by atoms with Crippen LogP contribution in [0.25, 0.3) is 0 Å². The largest absolute Gasteiger partial charge is 0.374 e. The molecule has 122 valence electrons. The Morgan fingerprint density at radius 3 is 2.26 bits per heavy atom. The minimum atomic E-state index is -0.481. The van der Waals surface area contributed by atoms with E-state index in [-0.39, 0.29) is 0 Å². The lowest BCUT2D eigenvalue weighted by Crippen LogP contribution is -2.34. The monoisotopic (exact) mass is 310 g/mol. The molecule has 1 saturated heterocycles. The Kier molecular flexibility index (Phi) is 5.81. The molecule has 1 atom stereocenters. The topological polar surface area (TPSA) is 26.7 Å². The molecule has 0 saturated carbocycles. The molecular formula is C20H26N2O. The van der Waals surface area contributed by atoms with E-state index >= 15 is 0 Å². The van der Waals surface area contributed by atoms with Gasteiger partial charge in [-0.2, -0.15) is 0 Å². The van der Waals surface area contributed by atoms with Crippen LogP contribution < -0.4 is 0 Å². The van der Waals surface area contributed by atoms with Gasteiger partial charge in [0.1, 0.15) is 6.23 Å². The van der Waals surface area contributed by atoms with Crippen LogP contribution in [-0.4, -0.2) is 47.6 Å². The highest BCUT2D eigenvalue weighted by Gasteiger charge is 2.21. The average molecular weight is 310 g/mol. The number of aliphatic hydroxyl groups is 1. The summed E-state index contributed by atoms with van der Waals surface area (Å²) in [6.45, 7) is 5.11. The Morgan fingerprint density at radius 2 is 1.52 bits per heavy atom. The van der Waals surface area contributed by atoms with Gasteiger partial charge in [0.2, 0.25) is 0 Å². The fourth-order valence-corrected chi connectivity index (χ4v) is 3.23. The Morgan fingerprint density at radius 1 is 0.826 bits per heavy atom. The molecular weight excluding hydrogens is 284 g/mol. The molecule has 1 fully saturated rings. The highest BCUT2D eigenvalue weighted by Crippen LogP contribution is 2.19. The summed E-state index contributed by atoms with van der Waals surface area (Å²) in [5.74, 6) is 0. The van der Waals surface area contributed by atoms with Gasteiger partial charge in [0.15, 0.2) is 0 Å². The van der Waals surface area contributed by atoms with Crippen LogP contribution in [0.2, 0.25) is 0 Å². The summed E-state index contributed by atoms with van der Waals surface area (Å²) in [6.07, 6.45) is 1.73. The lowest BCUT2D eigenvalue weighted by Gasteiger charge is -2.26. The van der Waals surface area contributed by atoms with Gasteiger partial charge in [-0.25, -0.2) is 0 Å². The molecule has 0 aromatic heterocycles. The maximum atomic E-state index is 10.6. The maximum absolute atomic E-state index is 10.6.